The number of carbonyl (C=O) groups excluding carboxylic acids is 1. The van der Waals surface area contributed by atoms with Crippen LogP contribution in [0.2, 0.25) is 0 Å². The quantitative estimate of drug-likeness (QED) is 0.646. The predicted molar refractivity (Wildman–Crippen MR) is 82.6 cm³/mol. The van der Waals surface area contributed by atoms with E-state index in [1.54, 1.807) is 18.5 Å². The smallest absolute Gasteiger partial charge is 0.312 e. The highest BCUT2D eigenvalue weighted by molar-refractivity contribution is 5.76. The Balaban J connectivity index is 1.79. The number of hydrogen-bond donors (Lipinski definition) is 1. The van der Waals surface area contributed by atoms with Crippen LogP contribution in [0.5, 0.6) is 0 Å². The third-order valence-corrected chi connectivity index (χ3v) is 4.27. The van der Waals surface area contributed by atoms with Gasteiger partial charge in [-0.2, -0.15) is 5.10 Å². The van der Waals surface area contributed by atoms with Crippen molar-refractivity contribution in [3.63, 3.8) is 0 Å². The maximum absolute atomic E-state index is 11.9. The van der Waals surface area contributed by atoms with Crippen molar-refractivity contribution < 1.29 is 9.72 Å². The van der Waals surface area contributed by atoms with E-state index < -0.39 is 4.92 Å². The van der Waals surface area contributed by atoms with Crippen LogP contribution in [0.4, 0.5) is 5.69 Å². The molecule has 122 valence electrons. The van der Waals surface area contributed by atoms with Crippen LogP contribution in [0, 0.1) is 24.0 Å². The van der Waals surface area contributed by atoms with Crippen LogP contribution in [-0.4, -0.2) is 26.7 Å². The molecule has 0 radical (unpaired) electrons. The molecule has 0 atom stereocenters. The molecule has 22 heavy (non-hydrogen) atoms. The van der Waals surface area contributed by atoms with Crippen LogP contribution in [-0.2, 0) is 11.3 Å². The molecule has 7 nitrogen and oxygen atoms in total. The number of nitro groups is 1. The second-order valence-corrected chi connectivity index (χ2v) is 6.01. The van der Waals surface area contributed by atoms with Gasteiger partial charge in [-0.25, -0.2) is 0 Å². The molecule has 0 spiro atoms. The Morgan fingerprint density at radius 1 is 1.36 bits per heavy atom. The molecule has 1 heterocycles. The Hall–Kier alpha value is -1.92. The summed E-state index contributed by atoms with van der Waals surface area (Å²) in [4.78, 5) is 22.5. The number of nitrogens with one attached hydrogen (secondary N) is 1. The van der Waals surface area contributed by atoms with E-state index in [9.17, 15) is 14.9 Å². The van der Waals surface area contributed by atoms with Crippen LogP contribution in [0.3, 0.4) is 0 Å². The van der Waals surface area contributed by atoms with Crippen molar-refractivity contribution in [1.82, 2.24) is 15.1 Å². The van der Waals surface area contributed by atoms with E-state index in [1.807, 2.05) is 0 Å². The van der Waals surface area contributed by atoms with Gasteiger partial charge in [0.25, 0.3) is 0 Å². The van der Waals surface area contributed by atoms with Crippen LogP contribution in [0.25, 0.3) is 0 Å². The van der Waals surface area contributed by atoms with E-state index in [1.165, 1.54) is 19.3 Å². The first kappa shape index (κ1) is 16.5. The third kappa shape index (κ3) is 4.05. The summed E-state index contributed by atoms with van der Waals surface area (Å²) < 4.78 is 1.63. The van der Waals surface area contributed by atoms with Gasteiger partial charge in [-0.3, -0.25) is 19.6 Å². The minimum Gasteiger partial charge on any atom is -0.353 e. The molecule has 0 bridgehead atoms. The largest absolute Gasteiger partial charge is 0.353 e. The van der Waals surface area contributed by atoms with Crippen LogP contribution >= 0.6 is 0 Å². The minimum atomic E-state index is -0.399. The molecule has 1 saturated carbocycles. The number of aromatic nitrogens is 2. The van der Waals surface area contributed by atoms with Gasteiger partial charge in [0, 0.05) is 19.0 Å². The van der Waals surface area contributed by atoms with Gasteiger partial charge in [0.15, 0.2) is 0 Å². The summed E-state index contributed by atoms with van der Waals surface area (Å²) in [5.74, 6) is 0.0722. The highest BCUT2D eigenvalue weighted by atomic mass is 16.6. The maximum atomic E-state index is 11.9. The molecule has 0 aliphatic heterocycles. The number of aryl methyl sites for hydroxylation is 2. The van der Waals surface area contributed by atoms with Gasteiger partial charge >= 0.3 is 5.69 Å². The van der Waals surface area contributed by atoms with E-state index >= 15 is 0 Å². The molecule has 0 saturated heterocycles. The van der Waals surface area contributed by atoms with Crippen molar-refractivity contribution in [1.29, 1.82) is 0 Å². The van der Waals surface area contributed by atoms with E-state index in [0.29, 0.717) is 36.8 Å². The number of hydrogen-bond acceptors (Lipinski definition) is 4. The molecule has 1 aromatic rings. The number of nitrogens with zero attached hydrogens (tertiary/aromatic N) is 3. The van der Waals surface area contributed by atoms with E-state index in [0.717, 1.165) is 12.8 Å². The SMILES string of the molecule is Cc1nn(CCCC(=O)NC2CCCCC2)c(C)c1[N+](=O)[O-]. The lowest BCUT2D eigenvalue weighted by Crippen LogP contribution is -2.36. The Kier molecular flexibility index (Phi) is 5.51. The molecular formula is C15H24N4O3. The Morgan fingerprint density at radius 2 is 2.05 bits per heavy atom. The first-order valence-electron chi connectivity index (χ1n) is 7.97. The summed E-state index contributed by atoms with van der Waals surface area (Å²) in [7, 11) is 0. The summed E-state index contributed by atoms with van der Waals surface area (Å²) >= 11 is 0. The van der Waals surface area contributed by atoms with Gasteiger partial charge in [-0.15, -0.1) is 0 Å². The highest BCUT2D eigenvalue weighted by Crippen LogP contribution is 2.22. The normalized spacial score (nSPS) is 15.7. The zero-order chi connectivity index (χ0) is 16.1. The third-order valence-electron chi connectivity index (χ3n) is 4.27. The molecule has 1 fully saturated rings. The lowest BCUT2D eigenvalue weighted by atomic mass is 9.95. The molecule has 2 rings (SSSR count). The lowest BCUT2D eigenvalue weighted by molar-refractivity contribution is -0.386. The molecule has 1 amide bonds. The Bertz CT molecular complexity index is 547. The second kappa shape index (κ2) is 7.38. The summed E-state index contributed by atoms with van der Waals surface area (Å²) in [5, 5.41) is 18.2. The molecule has 1 N–H and O–H groups in total. The second-order valence-electron chi connectivity index (χ2n) is 6.01. The average Bonchev–Trinajstić information content (AvgIpc) is 2.74. The lowest BCUT2D eigenvalue weighted by Gasteiger charge is -2.22. The molecule has 7 heteroatoms. The first-order valence-corrected chi connectivity index (χ1v) is 7.97. The Morgan fingerprint density at radius 3 is 2.64 bits per heavy atom. The van der Waals surface area contributed by atoms with Gasteiger partial charge in [-0.1, -0.05) is 19.3 Å². The van der Waals surface area contributed by atoms with Crippen molar-refractivity contribution in [3.05, 3.63) is 21.5 Å². The fraction of sp³-hybridized carbons (Fsp3) is 0.733. The minimum absolute atomic E-state index is 0.0722. The van der Waals surface area contributed by atoms with Crippen molar-refractivity contribution in [2.24, 2.45) is 0 Å². The molecule has 1 aromatic heterocycles. The van der Waals surface area contributed by atoms with E-state index in [4.69, 9.17) is 0 Å². The van der Waals surface area contributed by atoms with Gasteiger partial charge in [0.1, 0.15) is 11.4 Å². The van der Waals surface area contributed by atoms with Gasteiger partial charge in [-0.05, 0) is 33.1 Å². The molecule has 0 aromatic carbocycles. The number of carbonyl (C=O) groups is 1. The first-order chi connectivity index (χ1) is 10.5. The van der Waals surface area contributed by atoms with E-state index in [2.05, 4.69) is 10.4 Å². The van der Waals surface area contributed by atoms with Crippen LogP contribution in [0.15, 0.2) is 0 Å². The Labute approximate surface area is 130 Å². The van der Waals surface area contributed by atoms with E-state index in [-0.39, 0.29) is 11.6 Å². The van der Waals surface area contributed by atoms with Gasteiger partial charge in [0.2, 0.25) is 5.91 Å². The van der Waals surface area contributed by atoms with Crippen LogP contribution in [0.1, 0.15) is 56.3 Å². The molecule has 0 unspecified atom stereocenters. The molecule has 1 aliphatic carbocycles. The average molecular weight is 308 g/mol. The number of rotatable bonds is 6. The highest BCUT2D eigenvalue weighted by Gasteiger charge is 2.21. The summed E-state index contributed by atoms with van der Waals surface area (Å²) in [6.45, 7) is 3.86. The van der Waals surface area contributed by atoms with Crippen LogP contribution < -0.4 is 5.32 Å². The topological polar surface area (TPSA) is 90.1 Å². The molecule has 1 aliphatic rings. The number of amides is 1. The van der Waals surface area contributed by atoms with Crippen molar-refractivity contribution in [2.75, 3.05) is 0 Å². The standard InChI is InChI=1S/C15H24N4O3/c1-11-15(19(21)22)12(2)18(17-11)10-6-9-14(20)16-13-7-4-3-5-8-13/h13H,3-10H2,1-2H3,(H,16,20). The van der Waals surface area contributed by atoms with Crippen molar-refractivity contribution in [2.45, 2.75) is 71.4 Å². The monoisotopic (exact) mass is 308 g/mol. The fourth-order valence-electron chi connectivity index (χ4n) is 3.11. The summed E-state index contributed by atoms with van der Waals surface area (Å²) in [6.07, 6.45) is 6.88. The zero-order valence-corrected chi connectivity index (χ0v) is 13.3. The summed E-state index contributed by atoms with van der Waals surface area (Å²) in [5.41, 5.74) is 1.05. The van der Waals surface area contributed by atoms with Gasteiger partial charge in [0.05, 0.1) is 4.92 Å². The maximum Gasteiger partial charge on any atom is 0.312 e. The summed E-state index contributed by atoms with van der Waals surface area (Å²) in [6, 6.07) is 0.330. The zero-order valence-electron chi connectivity index (χ0n) is 13.3. The van der Waals surface area contributed by atoms with Gasteiger partial charge < -0.3 is 5.32 Å². The van der Waals surface area contributed by atoms with Crippen molar-refractivity contribution >= 4 is 11.6 Å². The molecular weight excluding hydrogens is 284 g/mol. The predicted octanol–water partition coefficient (Wildman–Crippen LogP) is 2.64. The fourth-order valence-corrected chi connectivity index (χ4v) is 3.11. The van der Waals surface area contributed by atoms with Crippen molar-refractivity contribution in [3.8, 4) is 0 Å².